The predicted octanol–water partition coefficient (Wildman–Crippen LogP) is 2.91. The number of benzene rings is 2. The molecule has 6 heteroatoms. The van der Waals surface area contributed by atoms with Crippen molar-refractivity contribution in [3.05, 3.63) is 65.9 Å². The number of ether oxygens (including phenoxy) is 1. The zero-order chi connectivity index (χ0) is 19.2. The van der Waals surface area contributed by atoms with Crippen LogP contribution in [0.1, 0.15) is 11.1 Å². The van der Waals surface area contributed by atoms with Gasteiger partial charge in [-0.2, -0.15) is 5.10 Å². The van der Waals surface area contributed by atoms with E-state index in [1.807, 2.05) is 62.5 Å². The third-order valence-electron chi connectivity index (χ3n) is 4.18. The number of carbonyl (C=O) groups excluding carboxylic acids is 1. The summed E-state index contributed by atoms with van der Waals surface area (Å²) in [6.45, 7) is 2.87. The van der Waals surface area contributed by atoms with Crippen LogP contribution in [0.15, 0.2) is 54.7 Å². The summed E-state index contributed by atoms with van der Waals surface area (Å²) in [5, 5.41) is 7.18. The Morgan fingerprint density at radius 3 is 2.78 bits per heavy atom. The van der Waals surface area contributed by atoms with Gasteiger partial charge in [0.25, 0.3) is 0 Å². The average molecular weight is 364 g/mol. The fraction of sp³-hybridized carbons (Fsp3) is 0.238. The number of nitrogens with two attached hydrogens (primary N) is 1. The van der Waals surface area contributed by atoms with Crippen molar-refractivity contribution in [2.75, 3.05) is 18.5 Å². The minimum atomic E-state index is -0.0628. The molecular weight excluding hydrogens is 340 g/mol. The second-order valence-electron chi connectivity index (χ2n) is 6.40. The van der Waals surface area contributed by atoms with Crippen molar-refractivity contribution >= 4 is 11.6 Å². The van der Waals surface area contributed by atoms with E-state index in [4.69, 9.17) is 10.5 Å². The highest BCUT2D eigenvalue weighted by atomic mass is 16.5. The number of nitrogens with one attached hydrogen (secondary N) is 1. The van der Waals surface area contributed by atoms with E-state index in [0.29, 0.717) is 31.0 Å². The topological polar surface area (TPSA) is 82.2 Å². The van der Waals surface area contributed by atoms with E-state index in [0.717, 1.165) is 22.4 Å². The van der Waals surface area contributed by atoms with E-state index in [1.54, 1.807) is 10.9 Å². The number of nitrogens with zero attached hydrogens (tertiary/aromatic N) is 2. The number of aryl methyl sites for hydroxylation is 2. The molecule has 0 aliphatic rings. The summed E-state index contributed by atoms with van der Waals surface area (Å²) in [7, 11) is 1.87. The molecule has 1 heterocycles. The molecule has 0 saturated carbocycles. The van der Waals surface area contributed by atoms with Gasteiger partial charge in [0.05, 0.1) is 12.1 Å². The summed E-state index contributed by atoms with van der Waals surface area (Å²) in [6.07, 6.45) is 2.05. The second kappa shape index (κ2) is 8.51. The number of hydrogen-bond donors (Lipinski definition) is 2. The first-order valence-corrected chi connectivity index (χ1v) is 8.87. The molecule has 0 radical (unpaired) electrons. The Morgan fingerprint density at radius 1 is 1.22 bits per heavy atom. The van der Waals surface area contributed by atoms with Crippen molar-refractivity contribution in [1.82, 2.24) is 9.78 Å². The van der Waals surface area contributed by atoms with Crippen LogP contribution in [-0.2, 0) is 18.3 Å². The minimum absolute atomic E-state index is 0.0628. The molecule has 1 amide bonds. The Morgan fingerprint density at radius 2 is 2.07 bits per heavy atom. The molecule has 6 nitrogen and oxygen atoms in total. The molecule has 0 atom stereocenters. The van der Waals surface area contributed by atoms with Gasteiger partial charge in [0.2, 0.25) is 5.91 Å². The van der Waals surface area contributed by atoms with Crippen molar-refractivity contribution in [2.24, 2.45) is 12.8 Å². The lowest BCUT2D eigenvalue weighted by atomic mass is 10.1. The Bertz CT molecular complexity index is 933. The second-order valence-corrected chi connectivity index (χ2v) is 6.40. The molecule has 3 N–H and O–H groups in total. The van der Waals surface area contributed by atoms with Gasteiger partial charge in [0, 0.05) is 31.0 Å². The Kier molecular flexibility index (Phi) is 5.88. The highest BCUT2D eigenvalue weighted by Gasteiger charge is 2.13. The number of hydrogen-bond acceptors (Lipinski definition) is 4. The molecule has 0 spiro atoms. The molecular formula is C21H24N4O2. The molecule has 1 aromatic heterocycles. The minimum Gasteiger partial charge on any atom is -0.492 e. The number of amides is 1. The third-order valence-corrected chi connectivity index (χ3v) is 4.18. The third kappa shape index (κ3) is 4.74. The van der Waals surface area contributed by atoms with Crippen LogP contribution in [0.5, 0.6) is 5.75 Å². The quantitative estimate of drug-likeness (QED) is 0.675. The molecule has 0 unspecified atom stereocenters. The summed E-state index contributed by atoms with van der Waals surface area (Å²) in [5.41, 5.74) is 10.2. The lowest BCUT2D eigenvalue weighted by Crippen LogP contribution is -2.15. The molecule has 0 fully saturated rings. The maximum atomic E-state index is 12.4. The molecule has 3 rings (SSSR count). The van der Waals surface area contributed by atoms with E-state index >= 15 is 0 Å². The first-order chi connectivity index (χ1) is 13.1. The van der Waals surface area contributed by atoms with Crippen molar-refractivity contribution in [3.8, 4) is 17.0 Å². The van der Waals surface area contributed by atoms with Crippen LogP contribution in [0.2, 0.25) is 0 Å². The number of rotatable bonds is 7. The van der Waals surface area contributed by atoms with Crippen LogP contribution in [0, 0.1) is 6.92 Å². The summed E-state index contributed by atoms with van der Waals surface area (Å²) in [6, 6.07) is 15.4. The van der Waals surface area contributed by atoms with Crippen molar-refractivity contribution in [3.63, 3.8) is 0 Å². The van der Waals surface area contributed by atoms with Crippen molar-refractivity contribution < 1.29 is 9.53 Å². The van der Waals surface area contributed by atoms with Gasteiger partial charge in [-0.05, 0) is 36.8 Å². The molecule has 0 saturated heterocycles. The molecule has 3 aromatic rings. The number of carbonyl (C=O) groups is 1. The smallest absolute Gasteiger partial charge is 0.228 e. The number of anilines is 1. The Hall–Kier alpha value is -3.12. The molecule has 0 aliphatic heterocycles. The number of aromatic nitrogens is 2. The van der Waals surface area contributed by atoms with Crippen LogP contribution in [0.25, 0.3) is 11.3 Å². The first kappa shape index (κ1) is 18.7. The first-order valence-electron chi connectivity index (χ1n) is 8.87. The summed E-state index contributed by atoms with van der Waals surface area (Å²) in [4.78, 5) is 12.4. The van der Waals surface area contributed by atoms with Gasteiger partial charge in [-0.25, -0.2) is 0 Å². The lowest BCUT2D eigenvalue weighted by molar-refractivity contribution is -0.115. The molecule has 2 aromatic carbocycles. The fourth-order valence-corrected chi connectivity index (χ4v) is 2.95. The van der Waals surface area contributed by atoms with Crippen molar-refractivity contribution in [1.29, 1.82) is 0 Å². The van der Waals surface area contributed by atoms with Crippen LogP contribution in [0.3, 0.4) is 0 Å². The molecule has 0 bridgehead atoms. The lowest BCUT2D eigenvalue weighted by Gasteiger charge is -2.14. The van der Waals surface area contributed by atoms with Crippen LogP contribution < -0.4 is 15.8 Å². The zero-order valence-electron chi connectivity index (χ0n) is 15.6. The SMILES string of the molecule is Cc1cccc(CC(=O)Nc2ccc(OCCN)c(-c3ccnn3C)c2)c1. The van der Waals surface area contributed by atoms with Gasteiger partial charge >= 0.3 is 0 Å². The summed E-state index contributed by atoms with van der Waals surface area (Å²) < 4.78 is 7.52. The van der Waals surface area contributed by atoms with E-state index < -0.39 is 0 Å². The molecule has 140 valence electrons. The normalized spacial score (nSPS) is 10.6. The maximum absolute atomic E-state index is 12.4. The van der Waals surface area contributed by atoms with E-state index in [1.165, 1.54) is 0 Å². The van der Waals surface area contributed by atoms with Gasteiger partial charge < -0.3 is 15.8 Å². The zero-order valence-corrected chi connectivity index (χ0v) is 15.6. The van der Waals surface area contributed by atoms with Crippen LogP contribution in [0.4, 0.5) is 5.69 Å². The fourth-order valence-electron chi connectivity index (χ4n) is 2.95. The molecule has 27 heavy (non-hydrogen) atoms. The average Bonchev–Trinajstić information content (AvgIpc) is 3.06. The van der Waals surface area contributed by atoms with Crippen molar-refractivity contribution in [2.45, 2.75) is 13.3 Å². The highest BCUT2D eigenvalue weighted by molar-refractivity contribution is 5.93. The monoisotopic (exact) mass is 364 g/mol. The van der Waals surface area contributed by atoms with Gasteiger partial charge in [-0.1, -0.05) is 29.8 Å². The standard InChI is InChI=1S/C21H24N4O2/c1-15-4-3-5-16(12-15)13-21(26)24-17-6-7-20(27-11-9-22)18(14-17)19-8-10-23-25(19)2/h3-8,10,12,14H,9,11,13,22H2,1-2H3,(H,24,26). The predicted molar refractivity (Wildman–Crippen MR) is 107 cm³/mol. The highest BCUT2D eigenvalue weighted by Crippen LogP contribution is 2.32. The van der Waals surface area contributed by atoms with Gasteiger partial charge in [-0.3, -0.25) is 9.48 Å². The summed E-state index contributed by atoms with van der Waals surface area (Å²) >= 11 is 0. The van der Waals surface area contributed by atoms with Gasteiger partial charge in [0.15, 0.2) is 0 Å². The van der Waals surface area contributed by atoms with Gasteiger partial charge in [-0.15, -0.1) is 0 Å². The Labute approximate surface area is 159 Å². The van der Waals surface area contributed by atoms with Gasteiger partial charge in [0.1, 0.15) is 12.4 Å². The maximum Gasteiger partial charge on any atom is 0.228 e. The summed E-state index contributed by atoms with van der Waals surface area (Å²) in [5.74, 6) is 0.646. The van der Waals surface area contributed by atoms with Crippen LogP contribution >= 0.6 is 0 Å². The van der Waals surface area contributed by atoms with E-state index in [2.05, 4.69) is 10.4 Å². The van der Waals surface area contributed by atoms with E-state index in [-0.39, 0.29) is 5.91 Å². The largest absolute Gasteiger partial charge is 0.492 e. The molecule has 0 aliphatic carbocycles. The van der Waals surface area contributed by atoms with Crippen LogP contribution in [-0.4, -0.2) is 28.8 Å². The van der Waals surface area contributed by atoms with E-state index in [9.17, 15) is 4.79 Å². The Balaban J connectivity index is 1.81.